The molecule has 0 aliphatic carbocycles. The standard InChI is InChI=1S/Ag.Ga.In.Sb.H2Te.8H/h;;;;1H2;;;;;;;;/q;;;+1;;;;;;;;;/p-1. The van der Waals surface area contributed by atoms with E-state index in [4.69, 9.17) is 0 Å². The van der Waals surface area contributed by atoms with Crippen LogP contribution in [0.2, 0.25) is 0 Å². The Morgan fingerprint density at radius 1 is 1.20 bits per heavy atom. The average molecular weight is 551 g/mol. The summed E-state index contributed by atoms with van der Waals surface area (Å²) in [5, 5.41) is 0. The Bertz CT molecular complexity index is 11.6. The molecule has 0 heterocycles. The fraction of sp³-hybridized carbons (Fsp3) is 0. The fourth-order valence-electron chi connectivity index (χ4n) is 0. The zero-order chi connectivity index (χ0) is 2.00. The Kier molecular flexibility index (Phi) is 115. The van der Waals surface area contributed by atoms with Crippen molar-refractivity contribution in [1.29, 1.82) is 0 Å². The predicted molar refractivity (Wildman–Crippen MR) is 35.6 cm³/mol. The molecule has 0 aromatic carbocycles. The normalized spacial score (nSPS) is 1.20. The maximum atomic E-state index is 1.88. The van der Waals surface area contributed by atoms with Gasteiger partial charge in [0.15, 0.2) is 0 Å². The van der Waals surface area contributed by atoms with Crippen molar-refractivity contribution < 1.29 is 22.4 Å². The topological polar surface area (TPSA) is 0 Å². The van der Waals surface area contributed by atoms with Crippen LogP contribution >= 0.6 is 0 Å². The number of hydrogen-bond donors (Lipinski definition) is 0. The third-order valence-electron chi connectivity index (χ3n) is 0. The molecule has 0 unspecified atom stereocenters. The van der Waals surface area contributed by atoms with E-state index >= 15 is 0 Å². The number of rotatable bonds is 0. The Morgan fingerprint density at radius 2 is 1.20 bits per heavy atom. The van der Waals surface area contributed by atoms with Crippen molar-refractivity contribution >= 4 is 83.0 Å². The van der Waals surface area contributed by atoms with Crippen LogP contribution in [0.3, 0.4) is 0 Å². The molecule has 0 aliphatic rings. The van der Waals surface area contributed by atoms with Gasteiger partial charge in [-0.15, -0.1) is 0 Å². The van der Waals surface area contributed by atoms with Crippen molar-refractivity contribution in [2.45, 2.75) is 0 Å². The van der Waals surface area contributed by atoms with E-state index in [9.17, 15) is 0 Å². The van der Waals surface area contributed by atoms with E-state index in [1.54, 1.807) is 0 Å². The first kappa shape index (κ1) is 23.2. The maximum absolute atomic E-state index is 1.88. The summed E-state index contributed by atoms with van der Waals surface area (Å²) in [6, 6.07) is 0. The second-order valence-electron chi connectivity index (χ2n) is 0. The van der Waals surface area contributed by atoms with Gasteiger partial charge >= 0.3 is 83.0 Å². The van der Waals surface area contributed by atoms with Crippen LogP contribution in [-0.4, -0.2) is 83.0 Å². The summed E-state index contributed by atoms with van der Waals surface area (Å²) in [5.74, 6) is 0. The van der Waals surface area contributed by atoms with Gasteiger partial charge in [-0.25, -0.2) is 0 Å². The molecule has 0 amide bonds. The molecular weight excluding hydrogens is 542 g/mol. The van der Waals surface area contributed by atoms with E-state index in [0.29, 0.717) is 0 Å². The van der Waals surface area contributed by atoms with Gasteiger partial charge in [0.1, 0.15) is 0 Å². The van der Waals surface area contributed by atoms with Gasteiger partial charge in [0, 0.05) is 22.4 Å². The molecule has 5 heavy (non-hydrogen) atoms. The molecule has 0 saturated heterocycles. The van der Waals surface area contributed by atoms with Gasteiger partial charge in [-0.3, -0.25) is 0 Å². The van der Waals surface area contributed by atoms with Crippen molar-refractivity contribution in [3.05, 3.63) is 0 Å². The van der Waals surface area contributed by atoms with Crippen LogP contribution < -0.4 is 0 Å². The first-order chi connectivity index (χ1) is 1.00. The average Bonchev–Trinajstić information content (AvgIpc) is 1.00. The predicted octanol–water partition coefficient (Wildman–Crippen LogP) is -3.94. The molecule has 1 radical (unpaired) electrons. The third-order valence-corrected chi connectivity index (χ3v) is 0. The summed E-state index contributed by atoms with van der Waals surface area (Å²) in [5.41, 5.74) is 0. The monoisotopic (exact) mass is 551 g/mol. The third kappa shape index (κ3) is 18.1. The van der Waals surface area contributed by atoms with E-state index in [2.05, 4.69) is 0 Å². The molecule has 0 saturated carbocycles. The van der Waals surface area contributed by atoms with Crippen LogP contribution in [0.15, 0.2) is 0 Å². The van der Waals surface area contributed by atoms with E-state index in [1.165, 1.54) is 19.1 Å². The first-order valence-corrected chi connectivity index (χ1v) is 11.6. The van der Waals surface area contributed by atoms with Crippen LogP contribution in [0.1, 0.15) is 0 Å². The molecule has 0 aromatic heterocycles. The van der Waals surface area contributed by atoms with Crippen LogP contribution in [0.4, 0.5) is 0 Å². The molecule has 0 atom stereocenters. The van der Waals surface area contributed by atoms with Crippen LogP contribution in [0.25, 0.3) is 0 Å². The summed E-state index contributed by atoms with van der Waals surface area (Å²) >= 11 is 3.28. The van der Waals surface area contributed by atoms with Gasteiger partial charge in [0.05, 0.1) is 0 Å². The van der Waals surface area contributed by atoms with E-state index in [0.717, 1.165) is 0 Å². The summed E-state index contributed by atoms with van der Waals surface area (Å²) in [6.07, 6.45) is 0. The van der Waals surface area contributed by atoms with Gasteiger partial charge < -0.3 is 0 Å². The molecule has 0 fully saturated rings. The molecule has 0 nitrogen and oxygen atoms in total. The summed E-state index contributed by atoms with van der Waals surface area (Å²) in [6.45, 7) is 0. The Hall–Kier alpha value is 3.85. The molecule has 0 N–H and O–H groups in total. The molecule has 5 heteroatoms. The minimum atomic E-state index is 0. The van der Waals surface area contributed by atoms with E-state index < -0.39 is 0 Å². The Labute approximate surface area is 103 Å². The van der Waals surface area contributed by atoms with Crippen LogP contribution in [-0.2, 0) is 22.4 Å². The quantitative estimate of drug-likeness (QED) is 0.271. The Morgan fingerprint density at radius 3 is 1.20 bits per heavy atom. The van der Waals surface area contributed by atoms with Gasteiger partial charge in [-0.2, -0.15) is 0 Å². The molecule has 0 bridgehead atoms. The zero-order valence-corrected chi connectivity index (χ0v) is 8.66. The van der Waals surface area contributed by atoms with Crippen molar-refractivity contribution in [1.82, 2.24) is 0 Å². The van der Waals surface area contributed by atoms with Gasteiger partial charge in [0.25, 0.3) is 0 Å². The van der Waals surface area contributed by atoms with Crippen molar-refractivity contribution in [3.63, 3.8) is 0 Å². The second kappa shape index (κ2) is 24.8. The van der Waals surface area contributed by atoms with Crippen LogP contribution in [0.5, 0.6) is 0 Å². The molecular formula is H9AgGaInSbTe. The van der Waals surface area contributed by atoms with Crippen molar-refractivity contribution in [2.75, 3.05) is 0 Å². The molecule has 0 spiro atoms. The molecule has 0 rings (SSSR count). The molecule has 0 aromatic rings. The van der Waals surface area contributed by atoms with Crippen molar-refractivity contribution in [2.24, 2.45) is 0 Å². The Balaban J connectivity index is -0.00000000167. The first-order valence-electron chi connectivity index (χ1n) is 0.258. The summed E-state index contributed by atoms with van der Waals surface area (Å²) in [7, 11) is 0. The second-order valence-corrected chi connectivity index (χ2v) is 0. The van der Waals surface area contributed by atoms with Gasteiger partial charge in [0.2, 0.25) is 0 Å². The molecule has 0 aliphatic heterocycles. The van der Waals surface area contributed by atoms with Crippen LogP contribution in [0, 0.1) is 0 Å². The summed E-state index contributed by atoms with van der Waals surface area (Å²) < 4.78 is 0. The fourth-order valence-corrected chi connectivity index (χ4v) is 0. The summed E-state index contributed by atoms with van der Waals surface area (Å²) in [4.78, 5) is 0. The minimum absolute atomic E-state index is 0. The molecule has 37 valence electrons. The van der Waals surface area contributed by atoms with Gasteiger partial charge in [-0.05, 0) is 0 Å². The number of hydrogen-bond acceptors (Lipinski definition) is 0. The zero-order valence-electron chi connectivity index (χ0n) is 1.33. The van der Waals surface area contributed by atoms with Gasteiger partial charge in [-0.1, -0.05) is 0 Å². The van der Waals surface area contributed by atoms with Crippen molar-refractivity contribution in [3.8, 4) is 0 Å². The van der Waals surface area contributed by atoms with E-state index in [-0.39, 0.29) is 68.0 Å². The van der Waals surface area contributed by atoms with E-state index in [1.807, 2.05) is 18.2 Å². The SMILES string of the molecule is [Ag].[GaH3].[InH3].[SbH2][TeH].